The molecular weight excluding hydrogens is 402 g/mol. The number of hydrogen-bond acceptors (Lipinski definition) is 5. The van der Waals surface area contributed by atoms with Crippen LogP contribution in [0.25, 0.3) is 11.1 Å². The Morgan fingerprint density at radius 2 is 1.81 bits per heavy atom. The topological polar surface area (TPSA) is 89.5 Å². The van der Waals surface area contributed by atoms with Crippen molar-refractivity contribution >= 4 is 23.0 Å². The Bertz CT molecular complexity index is 1220. The molecule has 1 heterocycles. The molecule has 0 atom stereocenters. The molecule has 1 amide bonds. The third-order valence-corrected chi connectivity index (χ3v) is 5.28. The van der Waals surface area contributed by atoms with Crippen LogP contribution in [0.4, 0.5) is 17.1 Å². The highest BCUT2D eigenvalue weighted by atomic mass is 16.5. The minimum Gasteiger partial charge on any atom is -0.496 e. The Morgan fingerprint density at radius 3 is 2.53 bits per heavy atom. The number of anilines is 3. The van der Waals surface area contributed by atoms with E-state index >= 15 is 0 Å². The number of hydrogen-bond donors (Lipinski definition) is 3. The number of benzene rings is 3. The van der Waals surface area contributed by atoms with Gasteiger partial charge in [-0.2, -0.15) is 0 Å². The molecule has 162 valence electrons. The summed E-state index contributed by atoms with van der Waals surface area (Å²) in [6.45, 7) is 2.64. The zero-order valence-corrected chi connectivity index (χ0v) is 18.0. The summed E-state index contributed by atoms with van der Waals surface area (Å²) in [5.74, 6) is 0.627. The highest BCUT2D eigenvalue weighted by Gasteiger charge is 2.10. The number of methoxy groups -OCH3 is 1. The molecule has 0 aliphatic heterocycles. The standard InChI is InChI=1S/C26H25N3O3/c1-17-3-9-22(14-25(17)31-2)28-15-18-4-6-19(7-5-18)26(30)29-24-13-20(8-10-23(24)27)21-11-12-32-16-21/h3-14,16,28H,15,27H2,1-2H3,(H,29,30). The van der Waals surface area contributed by atoms with Crippen molar-refractivity contribution in [2.45, 2.75) is 13.5 Å². The van der Waals surface area contributed by atoms with Gasteiger partial charge in [-0.3, -0.25) is 4.79 Å². The maximum absolute atomic E-state index is 12.7. The van der Waals surface area contributed by atoms with Crippen LogP contribution in [-0.4, -0.2) is 13.0 Å². The molecule has 3 aromatic carbocycles. The molecule has 1 aromatic heterocycles. The van der Waals surface area contributed by atoms with E-state index in [4.69, 9.17) is 14.9 Å². The number of ether oxygens (including phenoxy) is 1. The Kier molecular flexibility index (Phi) is 6.12. The fourth-order valence-electron chi connectivity index (χ4n) is 3.38. The molecule has 4 N–H and O–H groups in total. The summed E-state index contributed by atoms with van der Waals surface area (Å²) in [5, 5.41) is 6.27. The van der Waals surface area contributed by atoms with Gasteiger partial charge >= 0.3 is 0 Å². The van der Waals surface area contributed by atoms with Gasteiger partial charge in [0.1, 0.15) is 5.75 Å². The Balaban J connectivity index is 1.41. The van der Waals surface area contributed by atoms with Crippen molar-refractivity contribution in [1.29, 1.82) is 0 Å². The van der Waals surface area contributed by atoms with Gasteiger partial charge in [-0.25, -0.2) is 0 Å². The lowest BCUT2D eigenvalue weighted by Crippen LogP contribution is -2.13. The predicted octanol–water partition coefficient (Wildman–Crippen LogP) is 5.71. The first kappa shape index (κ1) is 21.1. The van der Waals surface area contributed by atoms with Crippen molar-refractivity contribution in [2.75, 3.05) is 23.5 Å². The summed E-state index contributed by atoms with van der Waals surface area (Å²) in [4.78, 5) is 12.7. The van der Waals surface area contributed by atoms with Crippen molar-refractivity contribution in [2.24, 2.45) is 0 Å². The second-order valence-corrected chi connectivity index (χ2v) is 7.50. The van der Waals surface area contributed by atoms with E-state index in [1.54, 1.807) is 37.8 Å². The molecule has 0 saturated carbocycles. The monoisotopic (exact) mass is 427 g/mol. The molecule has 0 fully saturated rings. The molecule has 4 rings (SSSR count). The molecule has 0 radical (unpaired) electrons. The first-order chi connectivity index (χ1) is 15.5. The molecule has 0 bridgehead atoms. The van der Waals surface area contributed by atoms with Crippen LogP contribution < -0.4 is 21.1 Å². The maximum Gasteiger partial charge on any atom is 0.255 e. The van der Waals surface area contributed by atoms with Crippen LogP contribution in [0.3, 0.4) is 0 Å². The minimum atomic E-state index is -0.219. The second-order valence-electron chi connectivity index (χ2n) is 7.50. The average molecular weight is 428 g/mol. The first-order valence-corrected chi connectivity index (χ1v) is 10.2. The molecule has 0 aliphatic carbocycles. The van der Waals surface area contributed by atoms with Gasteiger partial charge in [-0.1, -0.05) is 24.3 Å². The van der Waals surface area contributed by atoms with Crippen molar-refractivity contribution in [1.82, 2.24) is 0 Å². The van der Waals surface area contributed by atoms with E-state index in [2.05, 4.69) is 10.6 Å². The molecule has 0 spiro atoms. The van der Waals surface area contributed by atoms with Gasteiger partial charge < -0.3 is 25.5 Å². The van der Waals surface area contributed by atoms with Crippen molar-refractivity contribution in [3.63, 3.8) is 0 Å². The lowest BCUT2D eigenvalue weighted by molar-refractivity contribution is 0.102. The van der Waals surface area contributed by atoms with Crippen LogP contribution in [0.5, 0.6) is 5.75 Å². The van der Waals surface area contributed by atoms with Gasteiger partial charge in [-0.15, -0.1) is 0 Å². The highest BCUT2D eigenvalue weighted by Crippen LogP contribution is 2.28. The normalized spacial score (nSPS) is 10.6. The summed E-state index contributed by atoms with van der Waals surface area (Å²) in [6.07, 6.45) is 3.26. The summed E-state index contributed by atoms with van der Waals surface area (Å²) < 4.78 is 10.5. The number of nitrogens with one attached hydrogen (secondary N) is 2. The van der Waals surface area contributed by atoms with Crippen LogP contribution in [0, 0.1) is 6.92 Å². The Labute approximate surface area is 187 Å². The zero-order chi connectivity index (χ0) is 22.5. The first-order valence-electron chi connectivity index (χ1n) is 10.2. The molecule has 0 unspecified atom stereocenters. The number of amides is 1. The maximum atomic E-state index is 12.7. The van der Waals surface area contributed by atoms with Crippen LogP contribution in [0.1, 0.15) is 21.5 Å². The molecule has 0 aliphatic rings. The van der Waals surface area contributed by atoms with Gasteiger partial charge in [-0.05, 0) is 60.0 Å². The van der Waals surface area contributed by atoms with Crippen molar-refractivity contribution in [3.05, 3.63) is 95.9 Å². The highest BCUT2D eigenvalue weighted by molar-refractivity contribution is 6.06. The molecule has 6 nitrogen and oxygen atoms in total. The Hall–Kier alpha value is -4.19. The summed E-state index contributed by atoms with van der Waals surface area (Å²) in [7, 11) is 1.66. The fraction of sp³-hybridized carbons (Fsp3) is 0.115. The van der Waals surface area contributed by atoms with Gasteiger partial charge in [0.25, 0.3) is 5.91 Å². The largest absolute Gasteiger partial charge is 0.496 e. The number of aryl methyl sites for hydroxylation is 1. The molecule has 32 heavy (non-hydrogen) atoms. The predicted molar refractivity (Wildman–Crippen MR) is 128 cm³/mol. The van der Waals surface area contributed by atoms with E-state index in [-0.39, 0.29) is 5.91 Å². The van der Waals surface area contributed by atoms with Crippen LogP contribution >= 0.6 is 0 Å². The van der Waals surface area contributed by atoms with Crippen LogP contribution in [0.15, 0.2) is 83.7 Å². The quantitative estimate of drug-likeness (QED) is 0.329. The van der Waals surface area contributed by atoms with Crippen molar-refractivity contribution in [3.8, 4) is 16.9 Å². The SMILES string of the molecule is COc1cc(NCc2ccc(C(=O)Nc3cc(-c4ccoc4)ccc3N)cc2)ccc1C. The number of furan rings is 1. The fourth-order valence-corrected chi connectivity index (χ4v) is 3.38. The molecular formula is C26H25N3O3. The van der Waals surface area contributed by atoms with Crippen LogP contribution in [0.2, 0.25) is 0 Å². The van der Waals surface area contributed by atoms with E-state index < -0.39 is 0 Å². The summed E-state index contributed by atoms with van der Waals surface area (Å²) >= 11 is 0. The average Bonchev–Trinajstić information content (AvgIpc) is 3.35. The zero-order valence-electron chi connectivity index (χ0n) is 18.0. The Morgan fingerprint density at radius 1 is 1.00 bits per heavy atom. The van der Waals surface area contributed by atoms with E-state index in [0.717, 1.165) is 33.7 Å². The van der Waals surface area contributed by atoms with E-state index in [1.807, 2.05) is 55.5 Å². The van der Waals surface area contributed by atoms with Crippen molar-refractivity contribution < 1.29 is 13.9 Å². The molecule has 0 saturated heterocycles. The lowest BCUT2D eigenvalue weighted by Gasteiger charge is -2.12. The third-order valence-electron chi connectivity index (χ3n) is 5.28. The van der Waals surface area contributed by atoms with Gasteiger partial charge in [0.2, 0.25) is 0 Å². The number of carbonyl (C=O) groups is 1. The summed E-state index contributed by atoms with van der Waals surface area (Å²) in [5.41, 5.74) is 12.6. The number of nitrogens with two attached hydrogens (primary N) is 1. The summed E-state index contributed by atoms with van der Waals surface area (Å²) in [6, 6.07) is 20.8. The minimum absolute atomic E-state index is 0.219. The van der Waals surface area contributed by atoms with E-state index in [9.17, 15) is 4.79 Å². The van der Waals surface area contributed by atoms with Gasteiger partial charge in [0.05, 0.1) is 31.0 Å². The lowest BCUT2D eigenvalue weighted by atomic mass is 10.1. The second kappa shape index (κ2) is 9.31. The molecule has 4 aromatic rings. The van der Waals surface area contributed by atoms with Gasteiger partial charge in [0.15, 0.2) is 0 Å². The van der Waals surface area contributed by atoms with E-state index in [0.29, 0.717) is 23.5 Å². The smallest absolute Gasteiger partial charge is 0.255 e. The van der Waals surface area contributed by atoms with Crippen LogP contribution in [-0.2, 0) is 6.54 Å². The third kappa shape index (κ3) is 4.75. The molecule has 6 heteroatoms. The number of nitrogen functional groups attached to an aromatic ring is 1. The van der Waals surface area contributed by atoms with Gasteiger partial charge in [0, 0.05) is 29.4 Å². The van der Waals surface area contributed by atoms with E-state index in [1.165, 1.54) is 0 Å². The number of carbonyl (C=O) groups excluding carboxylic acids is 1. The number of rotatable bonds is 7.